The van der Waals surface area contributed by atoms with Crippen molar-refractivity contribution in [3.63, 3.8) is 0 Å². The molecule has 2 fully saturated rings. The van der Waals surface area contributed by atoms with Crippen molar-refractivity contribution < 1.29 is 9.59 Å². The van der Waals surface area contributed by atoms with Gasteiger partial charge in [0.2, 0.25) is 5.91 Å². The Morgan fingerprint density at radius 3 is 1.47 bits per heavy atom. The molecule has 7 nitrogen and oxygen atoms in total. The molecule has 3 heterocycles. The molecule has 2 N–H and O–H groups in total. The Balaban J connectivity index is 0.000000363. The van der Waals surface area contributed by atoms with Crippen LogP contribution in [-0.2, 0) is 267 Å². The molecule has 4 rings (SSSR count). The van der Waals surface area contributed by atoms with E-state index in [2.05, 4.69) is 64.7 Å². The summed E-state index contributed by atoms with van der Waals surface area (Å²) in [6.07, 6.45) is 4.00. The van der Waals surface area contributed by atoms with E-state index in [-0.39, 0.29) is 35.4 Å². The number of aromatic nitrogens is 1. The van der Waals surface area contributed by atoms with Crippen LogP contribution in [0, 0.1) is 11.3 Å². The minimum atomic E-state index is -0.371. The van der Waals surface area contributed by atoms with Gasteiger partial charge in [-0.3, -0.25) is 14.7 Å². The van der Waals surface area contributed by atoms with Gasteiger partial charge >= 0.3 is 6.03 Å². The van der Waals surface area contributed by atoms with Gasteiger partial charge in [-0.1, -0.05) is 44.5 Å². The van der Waals surface area contributed by atoms with Crippen molar-refractivity contribution in [2.24, 2.45) is 17.1 Å². The number of likely N-dealkylation sites (tertiary alicyclic amines) is 1. The molecule has 0 aliphatic carbocycles. The third-order valence-corrected chi connectivity index (χ3v) is 66.9. The average Bonchev–Trinajstić information content (AvgIpc) is 3.30. The van der Waals surface area contributed by atoms with Gasteiger partial charge in [0.15, 0.2) is 0 Å². The van der Waals surface area contributed by atoms with Gasteiger partial charge in [0, 0.05) is 323 Å². The summed E-state index contributed by atoms with van der Waals surface area (Å²) < 4.78 is 0.941. The first kappa shape index (κ1) is 64.5. The maximum Gasteiger partial charge on any atom is 0.314 e. The van der Waals surface area contributed by atoms with E-state index in [1.165, 1.54) is 17.8 Å². The highest BCUT2D eigenvalue weighted by Crippen LogP contribution is 2.36. The van der Waals surface area contributed by atoms with E-state index in [1.807, 2.05) is 122 Å². The first-order valence-corrected chi connectivity index (χ1v) is 56.1. The molecule has 2 atom stereocenters. The van der Waals surface area contributed by atoms with E-state index in [0.29, 0.717) is 31.1 Å². The van der Waals surface area contributed by atoms with Crippen LogP contribution in [0.3, 0.4) is 0 Å². The fourth-order valence-electron chi connectivity index (χ4n) is 5.85. The van der Waals surface area contributed by atoms with Crippen LogP contribution in [0.25, 0.3) is 0 Å². The number of pyridine rings is 1. The third-order valence-electron chi connectivity index (χ3n) is 8.42. The second kappa shape index (κ2) is 40.5. The van der Waals surface area contributed by atoms with Crippen LogP contribution >= 0.6 is 27.5 Å². The minimum Gasteiger partial charge on any atom is -0.351 e. The molecule has 2 aromatic rings. The molecule has 2 saturated heterocycles. The molecule has 2 aliphatic rings. The predicted molar refractivity (Wildman–Crippen MR) is 364 cm³/mol. The third kappa shape index (κ3) is 28.9. The first-order valence-electron chi connectivity index (χ1n) is 17.6. The fourth-order valence-corrected chi connectivity index (χ4v) is 74.8. The van der Waals surface area contributed by atoms with Crippen molar-refractivity contribution in [3.8, 4) is 0 Å². The van der Waals surface area contributed by atoms with Crippen LogP contribution in [0.15, 0.2) is 47.1 Å². The summed E-state index contributed by atoms with van der Waals surface area (Å²) in [4.78, 5) is 36.0. The number of halogens is 2. The zero-order valence-corrected chi connectivity index (χ0v) is 59.7. The molecular formula is C28H37BrClN5O2S29. The maximum absolute atomic E-state index is 13.6. The van der Waals surface area contributed by atoms with Gasteiger partial charge in [0.1, 0.15) is 0 Å². The van der Waals surface area contributed by atoms with E-state index in [9.17, 15) is 9.59 Å². The van der Waals surface area contributed by atoms with Gasteiger partial charge in [0.05, 0.1) is 11.7 Å². The molecule has 3 amide bonds. The number of piperazine rings is 1. The molecule has 0 bridgehead atoms. The number of hydrogen-bond acceptors (Lipinski definition) is 6. The highest BCUT2D eigenvalue weighted by Gasteiger charge is 2.41. The molecule has 0 radical (unpaired) electrons. The van der Waals surface area contributed by atoms with Crippen molar-refractivity contribution in [1.29, 1.82) is 0 Å². The van der Waals surface area contributed by atoms with Gasteiger partial charge < -0.3 is 15.5 Å². The van der Waals surface area contributed by atoms with Gasteiger partial charge in [-0.2, -0.15) is 0 Å². The normalized spacial score (nSPS) is 14.9. The van der Waals surface area contributed by atoms with E-state index in [0.717, 1.165) is 41.7 Å². The Kier molecular flexibility index (Phi) is 39.6. The Morgan fingerprint density at radius 1 is 0.682 bits per heavy atom. The van der Waals surface area contributed by atoms with Crippen molar-refractivity contribution >= 4 is 302 Å². The lowest BCUT2D eigenvalue weighted by molar-refractivity contribution is -0.141. The van der Waals surface area contributed by atoms with E-state index >= 15 is 0 Å². The van der Waals surface area contributed by atoms with Crippen molar-refractivity contribution in [2.75, 3.05) is 32.7 Å². The monoisotopic (exact) mass is 1520 g/mol. The lowest BCUT2D eigenvalue weighted by Gasteiger charge is -2.49. The summed E-state index contributed by atoms with van der Waals surface area (Å²) >= 11 is 19.3. The van der Waals surface area contributed by atoms with E-state index < -0.39 is 0 Å². The number of carbonyl (C=O) groups excluding carboxylic acids is 2. The molecule has 2 aliphatic heterocycles. The van der Waals surface area contributed by atoms with Crippen LogP contribution in [-0.4, -0.2) is 70.4 Å². The highest BCUT2D eigenvalue weighted by molar-refractivity contribution is 9.10. The molecule has 1 aromatic heterocycles. The summed E-state index contributed by atoms with van der Waals surface area (Å²) in [5, 5.41) is 0.705. The second-order valence-corrected chi connectivity index (χ2v) is 62.2. The SMILES string of the molecule is CC(C)(C)[C@H]1CN(C(c2ccc(Cl)cc2)c2ccc(Br)cn2)CCN1C(=O)CC1CCN(C(N)=O)CC1.S=S=S=S=S=S=S=S=S=S=S=S=S=S=S=S=S=S=S=S=S=S=S=S=S=S=S=S=S. The predicted octanol–water partition coefficient (Wildman–Crippen LogP) is 5.26. The average molecular weight is 1520 g/mol. The number of rotatable bonds is 5. The standard InChI is InChI=1S/C28H37BrClN5O2.S29/c1-28(2,3)24-18-34(14-15-35(24)25(36)16-19-10-12-33(13-11-19)27(31)37)26(20-4-7-22(30)8-5-20)23-9-6-21(29)17-32-23;1-3-5-7-9-11-13-15-17-19-21-23-25-27-29-28-26-24-22-20-18-16-14-12-10-8-6-4-2/h4-9,17,19,24,26H,10-16,18H2,1-3H3,(H2,31,37);/t24-,26?;/m1./s1. The van der Waals surface area contributed by atoms with E-state index in [4.69, 9.17) is 44.7 Å². The summed E-state index contributed by atoms with van der Waals surface area (Å²) in [5.41, 5.74) is 7.43. The number of urea groups is 1. The number of hydrogen-bond donors (Lipinski definition) is 1. The zero-order valence-electron chi connectivity index (χ0n) is 33.7. The van der Waals surface area contributed by atoms with Crippen LogP contribution in [0.5, 0.6) is 0 Å². The van der Waals surface area contributed by atoms with Crippen LogP contribution in [0.4, 0.5) is 4.79 Å². The number of piperidine rings is 1. The largest absolute Gasteiger partial charge is 0.351 e. The molecule has 374 valence electrons. The van der Waals surface area contributed by atoms with Gasteiger partial charge in [-0.15, -0.1) is 0 Å². The van der Waals surface area contributed by atoms with Gasteiger partial charge in [-0.25, -0.2) is 4.79 Å². The van der Waals surface area contributed by atoms with Gasteiger partial charge in [-0.05, 0) is 69.9 Å². The number of benzene rings is 1. The maximum atomic E-state index is 13.6. The summed E-state index contributed by atoms with van der Waals surface area (Å²) in [5.74, 6) is 0.498. The topological polar surface area (TPSA) is 82.8 Å². The fraction of sp³-hybridized carbons (Fsp3) is 0.536. The van der Waals surface area contributed by atoms with Crippen molar-refractivity contribution in [3.05, 3.63) is 63.3 Å². The van der Waals surface area contributed by atoms with Gasteiger partial charge in [0.25, 0.3) is 0 Å². The lowest BCUT2D eigenvalue weighted by atomic mass is 9.82. The number of primary amides is 1. The summed E-state index contributed by atoms with van der Waals surface area (Å²) in [7, 11) is 47.3. The Labute approximate surface area is 486 Å². The molecule has 1 unspecified atom stereocenters. The van der Waals surface area contributed by atoms with Crippen LogP contribution in [0.1, 0.15) is 57.3 Å². The second-order valence-electron chi connectivity index (χ2n) is 13.1. The molecule has 1 aromatic carbocycles. The summed E-state index contributed by atoms with van der Waals surface area (Å²) in [6.45, 7) is 10.1. The number of amides is 3. The van der Waals surface area contributed by atoms with Crippen LogP contribution in [0.2, 0.25) is 5.02 Å². The molecule has 0 saturated carbocycles. The molecule has 38 heteroatoms. The molecular weight excluding hydrogens is 1480 g/mol. The van der Waals surface area contributed by atoms with Crippen LogP contribution < -0.4 is 5.73 Å². The smallest absolute Gasteiger partial charge is 0.314 e. The Morgan fingerprint density at radius 2 is 1.11 bits per heavy atom. The number of nitrogens with zero attached hydrogens (tertiary/aromatic N) is 4. The number of nitrogens with two attached hydrogens (primary N) is 1. The lowest BCUT2D eigenvalue weighted by Crippen LogP contribution is -2.60. The molecule has 66 heavy (non-hydrogen) atoms. The Hall–Kier alpha value is 4.22. The molecule has 0 spiro atoms. The quantitative estimate of drug-likeness (QED) is 0.441. The van der Waals surface area contributed by atoms with Crippen molar-refractivity contribution in [2.45, 2.75) is 52.1 Å². The number of carbonyl (C=O) groups is 2. The highest BCUT2D eigenvalue weighted by atomic mass is 79.9. The summed E-state index contributed by atoms with van der Waals surface area (Å²) in [6, 6.07) is 11.7. The van der Waals surface area contributed by atoms with Crippen molar-refractivity contribution in [1.82, 2.24) is 19.7 Å². The Bertz CT molecular complexity index is 3110. The zero-order chi connectivity index (χ0) is 47.8. The minimum absolute atomic E-state index is 0.0365. The van der Waals surface area contributed by atoms with E-state index in [1.54, 1.807) is 129 Å². The first-order chi connectivity index (χ1) is 31.9.